The predicted molar refractivity (Wildman–Crippen MR) is 91.5 cm³/mol. The van der Waals surface area contributed by atoms with Crippen molar-refractivity contribution in [3.05, 3.63) is 64.1 Å². The molecule has 2 rings (SSSR count). The highest BCUT2D eigenvalue weighted by molar-refractivity contribution is 9.10. The highest BCUT2D eigenvalue weighted by Crippen LogP contribution is 2.23. The molecule has 0 fully saturated rings. The van der Waals surface area contributed by atoms with Crippen LogP contribution in [-0.4, -0.2) is 18.0 Å². The van der Waals surface area contributed by atoms with Crippen molar-refractivity contribution in [2.75, 3.05) is 13.1 Å². The van der Waals surface area contributed by atoms with Crippen LogP contribution in [0.1, 0.15) is 25.0 Å². The third-order valence-corrected chi connectivity index (χ3v) is 3.94. The Labute approximate surface area is 135 Å². The summed E-state index contributed by atoms with van der Waals surface area (Å²) in [5.41, 5.74) is 2.46. The van der Waals surface area contributed by atoms with Crippen LogP contribution in [-0.2, 0) is 13.2 Å². The molecule has 3 heteroatoms. The van der Waals surface area contributed by atoms with Crippen LogP contribution in [0.3, 0.4) is 0 Å². The molecule has 2 aromatic rings. The first-order valence-electron chi connectivity index (χ1n) is 7.39. The van der Waals surface area contributed by atoms with Gasteiger partial charge in [-0.15, -0.1) is 0 Å². The second-order valence-corrected chi connectivity index (χ2v) is 5.95. The average molecular weight is 348 g/mol. The van der Waals surface area contributed by atoms with Crippen molar-refractivity contribution in [2.24, 2.45) is 0 Å². The van der Waals surface area contributed by atoms with Gasteiger partial charge in [0.15, 0.2) is 0 Å². The molecule has 0 radical (unpaired) electrons. The first kappa shape index (κ1) is 16.1. The summed E-state index contributed by atoms with van der Waals surface area (Å²) < 4.78 is 6.98. The van der Waals surface area contributed by atoms with Gasteiger partial charge in [-0.1, -0.05) is 60.1 Å². The topological polar surface area (TPSA) is 12.5 Å². The lowest BCUT2D eigenvalue weighted by Crippen LogP contribution is -2.22. The van der Waals surface area contributed by atoms with Gasteiger partial charge in [0.05, 0.1) is 0 Å². The molecule has 2 nitrogen and oxygen atoms in total. The van der Waals surface area contributed by atoms with Gasteiger partial charge in [-0.2, -0.15) is 0 Å². The Morgan fingerprint density at radius 2 is 1.67 bits per heavy atom. The van der Waals surface area contributed by atoms with E-state index in [1.54, 1.807) is 0 Å². The van der Waals surface area contributed by atoms with Gasteiger partial charge in [0, 0.05) is 11.0 Å². The van der Waals surface area contributed by atoms with E-state index in [9.17, 15) is 0 Å². The molecule has 0 saturated heterocycles. The average Bonchev–Trinajstić information content (AvgIpc) is 2.51. The second kappa shape index (κ2) is 8.20. The van der Waals surface area contributed by atoms with Crippen molar-refractivity contribution < 1.29 is 4.74 Å². The van der Waals surface area contributed by atoms with Gasteiger partial charge in [0.25, 0.3) is 0 Å². The van der Waals surface area contributed by atoms with Crippen LogP contribution in [0.25, 0.3) is 0 Å². The van der Waals surface area contributed by atoms with E-state index in [2.05, 4.69) is 58.9 Å². The van der Waals surface area contributed by atoms with Crippen LogP contribution in [0.15, 0.2) is 53.0 Å². The predicted octanol–water partition coefficient (Wildman–Crippen LogP) is 4.87. The summed E-state index contributed by atoms with van der Waals surface area (Å²) in [6.07, 6.45) is 0. The van der Waals surface area contributed by atoms with Crippen LogP contribution in [0.5, 0.6) is 5.75 Å². The van der Waals surface area contributed by atoms with Crippen LogP contribution in [0.4, 0.5) is 0 Å². The molecule has 0 unspecified atom stereocenters. The minimum absolute atomic E-state index is 0.599. The third kappa shape index (κ3) is 5.18. The van der Waals surface area contributed by atoms with Crippen molar-refractivity contribution >= 4 is 15.9 Å². The van der Waals surface area contributed by atoms with Crippen molar-refractivity contribution in [3.63, 3.8) is 0 Å². The molecule has 112 valence electrons. The zero-order valence-corrected chi connectivity index (χ0v) is 14.3. The number of ether oxygens (including phenoxy) is 1. The zero-order chi connectivity index (χ0) is 15.1. The van der Waals surface area contributed by atoms with Gasteiger partial charge in [-0.3, -0.25) is 4.90 Å². The fraction of sp³-hybridized carbons (Fsp3) is 0.333. The largest absolute Gasteiger partial charge is 0.489 e. The normalized spacial score (nSPS) is 10.9. The summed E-state index contributed by atoms with van der Waals surface area (Å²) in [6.45, 7) is 8.05. The molecule has 2 aromatic carbocycles. The Hall–Kier alpha value is -1.32. The molecule has 0 spiro atoms. The highest BCUT2D eigenvalue weighted by Gasteiger charge is 2.05. The number of nitrogens with zero attached hydrogens (tertiary/aromatic N) is 1. The molecule has 0 aliphatic rings. The van der Waals surface area contributed by atoms with Gasteiger partial charge in [0.2, 0.25) is 0 Å². The quantitative estimate of drug-likeness (QED) is 0.708. The number of rotatable bonds is 7. The molecule has 0 aromatic heterocycles. The van der Waals surface area contributed by atoms with Crippen molar-refractivity contribution in [3.8, 4) is 5.75 Å². The van der Waals surface area contributed by atoms with E-state index in [4.69, 9.17) is 4.74 Å². The monoisotopic (exact) mass is 347 g/mol. The van der Waals surface area contributed by atoms with Crippen LogP contribution in [0, 0.1) is 0 Å². The zero-order valence-electron chi connectivity index (χ0n) is 12.7. The van der Waals surface area contributed by atoms with E-state index >= 15 is 0 Å². The van der Waals surface area contributed by atoms with E-state index in [0.717, 1.165) is 29.9 Å². The maximum Gasteiger partial charge on any atom is 0.121 e. The summed E-state index contributed by atoms with van der Waals surface area (Å²) in [4.78, 5) is 2.39. The fourth-order valence-electron chi connectivity index (χ4n) is 2.24. The molecule has 0 aliphatic carbocycles. The van der Waals surface area contributed by atoms with Crippen molar-refractivity contribution in [1.29, 1.82) is 0 Å². The second-order valence-electron chi connectivity index (χ2n) is 5.03. The van der Waals surface area contributed by atoms with Gasteiger partial charge in [-0.05, 0) is 42.4 Å². The highest BCUT2D eigenvalue weighted by atomic mass is 79.9. The summed E-state index contributed by atoms with van der Waals surface area (Å²) in [5.74, 6) is 0.912. The minimum atomic E-state index is 0.599. The molecule has 0 N–H and O–H groups in total. The lowest BCUT2D eigenvalue weighted by Gasteiger charge is -2.18. The molecule has 0 bridgehead atoms. The first-order valence-corrected chi connectivity index (χ1v) is 8.19. The molecule has 0 atom stereocenters. The number of hydrogen-bond acceptors (Lipinski definition) is 2. The Kier molecular flexibility index (Phi) is 6.27. The number of halogens is 1. The molecule has 0 saturated carbocycles. The number of hydrogen-bond donors (Lipinski definition) is 0. The smallest absolute Gasteiger partial charge is 0.121 e. The number of benzene rings is 2. The van der Waals surface area contributed by atoms with E-state index in [1.165, 1.54) is 11.1 Å². The maximum absolute atomic E-state index is 5.91. The lowest BCUT2D eigenvalue weighted by atomic mass is 10.2. The Balaban J connectivity index is 2.04. The van der Waals surface area contributed by atoms with Crippen LogP contribution < -0.4 is 4.74 Å². The summed E-state index contributed by atoms with van der Waals surface area (Å²) >= 11 is 3.57. The van der Waals surface area contributed by atoms with E-state index in [1.807, 2.05) is 24.3 Å². The molecule has 0 amide bonds. The Morgan fingerprint density at radius 1 is 0.952 bits per heavy atom. The van der Waals surface area contributed by atoms with Gasteiger partial charge in [0.1, 0.15) is 12.4 Å². The van der Waals surface area contributed by atoms with Gasteiger partial charge >= 0.3 is 0 Å². The van der Waals surface area contributed by atoms with Crippen molar-refractivity contribution in [2.45, 2.75) is 27.0 Å². The summed E-state index contributed by atoms with van der Waals surface area (Å²) in [6, 6.07) is 16.6. The molecule has 0 heterocycles. The molecule has 0 aliphatic heterocycles. The van der Waals surface area contributed by atoms with E-state index in [-0.39, 0.29) is 0 Å². The third-order valence-electron chi connectivity index (χ3n) is 3.48. The summed E-state index contributed by atoms with van der Waals surface area (Å²) in [7, 11) is 0. The summed E-state index contributed by atoms with van der Waals surface area (Å²) in [5, 5.41) is 0. The fourth-order valence-corrected chi connectivity index (χ4v) is 2.76. The molecular weight excluding hydrogens is 326 g/mol. The van der Waals surface area contributed by atoms with Gasteiger partial charge in [-0.25, -0.2) is 0 Å². The molecule has 21 heavy (non-hydrogen) atoms. The SMILES string of the molecule is CCN(CC)Cc1cc(Br)cc(OCc2ccccc2)c1. The van der Waals surface area contributed by atoms with E-state index < -0.39 is 0 Å². The Morgan fingerprint density at radius 3 is 2.33 bits per heavy atom. The first-order chi connectivity index (χ1) is 10.2. The van der Waals surface area contributed by atoms with E-state index in [0.29, 0.717) is 6.61 Å². The minimum Gasteiger partial charge on any atom is -0.489 e. The van der Waals surface area contributed by atoms with Crippen LogP contribution >= 0.6 is 15.9 Å². The lowest BCUT2D eigenvalue weighted by molar-refractivity contribution is 0.290. The van der Waals surface area contributed by atoms with Gasteiger partial charge < -0.3 is 4.74 Å². The maximum atomic E-state index is 5.91. The molecular formula is C18H22BrNO. The van der Waals surface area contributed by atoms with Crippen molar-refractivity contribution in [1.82, 2.24) is 4.90 Å². The van der Waals surface area contributed by atoms with Crippen LogP contribution in [0.2, 0.25) is 0 Å². The Bertz CT molecular complexity index is 552. The standard InChI is InChI=1S/C18H22BrNO/c1-3-20(4-2)13-16-10-17(19)12-18(11-16)21-14-15-8-6-5-7-9-15/h5-12H,3-4,13-14H2,1-2H3.